The lowest BCUT2D eigenvalue weighted by atomic mass is 10.0. The summed E-state index contributed by atoms with van der Waals surface area (Å²) in [5, 5.41) is 12.0. The minimum absolute atomic E-state index is 0.206. The molecule has 0 saturated carbocycles. The predicted octanol–water partition coefficient (Wildman–Crippen LogP) is 5.50. The summed E-state index contributed by atoms with van der Waals surface area (Å²) in [6.07, 6.45) is 7.52. The first-order valence-electron chi connectivity index (χ1n) is 12.6. The number of piperidine rings is 1. The van der Waals surface area contributed by atoms with E-state index in [-0.39, 0.29) is 11.9 Å². The first-order chi connectivity index (χ1) is 18.7. The molecule has 0 atom stereocenters. The van der Waals surface area contributed by atoms with Crippen molar-refractivity contribution in [3.05, 3.63) is 79.0 Å². The summed E-state index contributed by atoms with van der Waals surface area (Å²) in [4.78, 5) is 17.1. The van der Waals surface area contributed by atoms with Gasteiger partial charge in [0.1, 0.15) is 28.9 Å². The number of benzene rings is 2. The van der Waals surface area contributed by atoms with Gasteiger partial charge in [0, 0.05) is 28.9 Å². The highest BCUT2D eigenvalue weighted by Crippen LogP contribution is 2.33. The highest BCUT2D eigenvalue weighted by molar-refractivity contribution is 5.97. The van der Waals surface area contributed by atoms with Crippen LogP contribution in [0.1, 0.15) is 12.8 Å². The Morgan fingerprint density at radius 2 is 1.74 bits per heavy atom. The number of halogens is 1. The molecule has 3 N–H and O–H groups in total. The standard InChI is InChI=1S/C29H24FN7O/c30-20-4-1-17(2-5-20)23-9-12-33-28-26(23)34-29(35-28)27-24-14-18(3-6-25(24)36-37-27)19-13-22(16-32-15-19)38-21-7-10-31-11-8-21/h1-6,9,12-16,21,31H,7-8,10-11H2,(H,36,37)(H,33,34,35). The Labute approximate surface area is 217 Å². The SMILES string of the molecule is Fc1ccc(-c2ccnc3[nH]c(-c4n[nH]c5ccc(-c6cncc(OC7CCNCC7)c6)cc45)nc23)cc1. The lowest BCUT2D eigenvalue weighted by Gasteiger charge is -2.23. The smallest absolute Gasteiger partial charge is 0.160 e. The number of hydrogen-bond acceptors (Lipinski definition) is 6. The molecule has 1 aliphatic heterocycles. The fourth-order valence-electron chi connectivity index (χ4n) is 5.01. The van der Waals surface area contributed by atoms with E-state index in [0.29, 0.717) is 22.7 Å². The van der Waals surface area contributed by atoms with E-state index in [0.717, 1.165) is 64.8 Å². The molecule has 5 heterocycles. The maximum Gasteiger partial charge on any atom is 0.160 e. The third kappa shape index (κ3) is 4.16. The van der Waals surface area contributed by atoms with Crippen LogP contribution in [0, 0.1) is 5.82 Å². The van der Waals surface area contributed by atoms with Crippen LogP contribution in [0.3, 0.4) is 0 Å². The summed E-state index contributed by atoms with van der Waals surface area (Å²) >= 11 is 0. The molecule has 0 unspecified atom stereocenters. The fraction of sp³-hybridized carbons (Fsp3) is 0.172. The number of hydrogen-bond donors (Lipinski definition) is 3. The van der Waals surface area contributed by atoms with Crippen LogP contribution in [-0.4, -0.2) is 49.3 Å². The van der Waals surface area contributed by atoms with E-state index < -0.39 is 0 Å². The molecule has 1 aliphatic rings. The molecule has 6 aromatic rings. The van der Waals surface area contributed by atoms with E-state index >= 15 is 0 Å². The quantitative estimate of drug-likeness (QED) is 0.286. The van der Waals surface area contributed by atoms with Crippen LogP contribution < -0.4 is 10.1 Å². The van der Waals surface area contributed by atoms with Crippen molar-refractivity contribution < 1.29 is 9.13 Å². The molecule has 1 fully saturated rings. The number of nitrogens with one attached hydrogen (secondary N) is 3. The van der Waals surface area contributed by atoms with E-state index in [1.54, 1.807) is 24.5 Å². The largest absolute Gasteiger partial charge is 0.489 e. The summed E-state index contributed by atoms with van der Waals surface area (Å²) in [7, 11) is 0. The summed E-state index contributed by atoms with van der Waals surface area (Å²) in [6, 6.07) is 16.4. The maximum absolute atomic E-state index is 13.5. The number of ether oxygens (including phenoxy) is 1. The third-order valence-corrected chi connectivity index (χ3v) is 6.96. The van der Waals surface area contributed by atoms with Crippen molar-refractivity contribution >= 4 is 22.1 Å². The second-order valence-corrected chi connectivity index (χ2v) is 9.46. The lowest BCUT2D eigenvalue weighted by molar-refractivity contribution is 0.162. The van der Waals surface area contributed by atoms with Gasteiger partial charge in [-0.05, 0) is 73.5 Å². The monoisotopic (exact) mass is 505 g/mol. The molecule has 8 nitrogen and oxygen atoms in total. The molecule has 0 radical (unpaired) electrons. The van der Waals surface area contributed by atoms with Crippen molar-refractivity contribution in [2.75, 3.05) is 13.1 Å². The normalized spacial score (nSPS) is 14.3. The Morgan fingerprint density at radius 3 is 2.61 bits per heavy atom. The van der Waals surface area contributed by atoms with Crippen LogP contribution in [0.4, 0.5) is 4.39 Å². The van der Waals surface area contributed by atoms with Crippen LogP contribution in [0.2, 0.25) is 0 Å². The molecular weight excluding hydrogens is 481 g/mol. The Balaban J connectivity index is 1.25. The first-order valence-corrected chi connectivity index (χ1v) is 12.6. The zero-order chi connectivity index (χ0) is 25.5. The van der Waals surface area contributed by atoms with Gasteiger partial charge in [0.05, 0.1) is 11.7 Å². The minimum atomic E-state index is -0.279. The molecule has 0 spiro atoms. The van der Waals surface area contributed by atoms with E-state index in [9.17, 15) is 4.39 Å². The summed E-state index contributed by atoms with van der Waals surface area (Å²) in [5.41, 5.74) is 6.64. The van der Waals surface area contributed by atoms with Gasteiger partial charge < -0.3 is 15.0 Å². The number of nitrogens with zero attached hydrogens (tertiary/aromatic N) is 4. The summed E-state index contributed by atoms with van der Waals surface area (Å²) < 4.78 is 19.7. The Bertz CT molecular complexity index is 1750. The lowest BCUT2D eigenvalue weighted by Crippen LogP contribution is -2.34. The molecule has 0 amide bonds. The predicted molar refractivity (Wildman–Crippen MR) is 144 cm³/mol. The van der Waals surface area contributed by atoms with E-state index in [1.165, 1.54) is 12.1 Å². The number of aromatic nitrogens is 6. The Morgan fingerprint density at radius 1 is 0.895 bits per heavy atom. The number of fused-ring (bicyclic) bond motifs is 2. The highest BCUT2D eigenvalue weighted by atomic mass is 19.1. The molecule has 0 bridgehead atoms. The molecule has 4 aromatic heterocycles. The van der Waals surface area contributed by atoms with Gasteiger partial charge in [-0.1, -0.05) is 18.2 Å². The highest BCUT2D eigenvalue weighted by Gasteiger charge is 2.18. The molecule has 7 rings (SSSR count). The second kappa shape index (κ2) is 9.35. The van der Waals surface area contributed by atoms with Crippen molar-refractivity contribution in [2.24, 2.45) is 0 Å². The Hall–Kier alpha value is -4.63. The molecule has 2 aromatic carbocycles. The zero-order valence-corrected chi connectivity index (χ0v) is 20.4. The molecule has 38 heavy (non-hydrogen) atoms. The van der Waals surface area contributed by atoms with Gasteiger partial charge in [0.2, 0.25) is 0 Å². The van der Waals surface area contributed by atoms with Gasteiger partial charge in [0.25, 0.3) is 0 Å². The Kier molecular flexibility index (Phi) is 5.55. The van der Waals surface area contributed by atoms with Crippen LogP contribution in [0.25, 0.3) is 55.8 Å². The van der Waals surface area contributed by atoms with Crippen LogP contribution in [0.15, 0.2) is 73.2 Å². The topological polar surface area (TPSA) is 104 Å². The number of H-pyrrole nitrogens is 2. The number of pyridine rings is 2. The van der Waals surface area contributed by atoms with Crippen molar-refractivity contribution in [1.29, 1.82) is 0 Å². The average molecular weight is 506 g/mol. The summed E-state index contributed by atoms with van der Waals surface area (Å²) in [6.45, 7) is 1.95. The van der Waals surface area contributed by atoms with Crippen molar-refractivity contribution in [3.8, 4) is 39.5 Å². The minimum Gasteiger partial charge on any atom is -0.489 e. The second-order valence-electron chi connectivity index (χ2n) is 9.46. The van der Waals surface area contributed by atoms with Gasteiger partial charge in [-0.3, -0.25) is 10.1 Å². The number of aromatic amines is 2. The first kappa shape index (κ1) is 22.6. The fourth-order valence-corrected chi connectivity index (χ4v) is 5.01. The molecule has 1 saturated heterocycles. The van der Waals surface area contributed by atoms with Crippen LogP contribution in [0.5, 0.6) is 5.75 Å². The molecule has 9 heteroatoms. The number of imidazole rings is 1. The van der Waals surface area contributed by atoms with Gasteiger partial charge >= 0.3 is 0 Å². The van der Waals surface area contributed by atoms with E-state index in [4.69, 9.17) is 9.72 Å². The van der Waals surface area contributed by atoms with Crippen molar-refractivity contribution in [1.82, 2.24) is 35.5 Å². The summed E-state index contributed by atoms with van der Waals surface area (Å²) in [5.74, 6) is 1.10. The van der Waals surface area contributed by atoms with Gasteiger partial charge in [-0.2, -0.15) is 5.10 Å². The zero-order valence-electron chi connectivity index (χ0n) is 20.4. The molecular formula is C29H24FN7O. The number of rotatable bonds is 5. The average Bonchev–Trinajstić information content (AvgIpc) is 3.58. The van der Waals surface area contributed by atoms with Gasteiger partial charge in [0.15, 0.2) is 11.5 Å². The van der Waals surface area contributed by atoms with Crippen LogP contribution >= 0.6 is 0 Å². The van der Waals surface area contributed by atoms with E-state index in [2.05, 4.69) is 36.5 Å². The molecule has 0 aliphatic carbocycles. The van der Waals surface area contributed by atoms with Crippen molar-refractivity contribution in [3.63, 3.8) is 0 Å². The van der Waals surface area contributed by atoms with E-state index in [1.807, 2.05) is 30.5 Å². The maximum atomic E-state index is 13.5. The molecule has 188 valence electrons. The third-order valence-electron chi connectivity index (χ3n) is 6.96. The van der Waals surface area contributed by atoms with Gasteiger partial charge in [-0.25, -0.2) is 14.4 Å². The van der Waals surface area contributed by atoms with Crippen molar-refractivity contribution in [2.45, 2.75) is 18.9 Å². The van der Waals surface area contributed by atoms with Crippen LogP contribution in [-0.2, 0) is 0 Å². The van der Waals surface area contributed by atoms with Gasteiger partial charge in [-0.15, -0.1) is 0 Å².